The highest BCUT2D eigenvalue weighted by atomic mass is 19.1. The Balaban J connectivity index is 3.02. The summed E-state index contributed by atoms with van der Waals surface area (Å²) in [7, 11) is 0. The summed E-state index contributed by atoms with van der Waals surface area (Å²) in [6.07, 6.45) is 4.89. The number of carboxylic acid groups (broad SMARTS) is 1. The summed E-state index contributed by atoms with van der Waals surface area (Å²) in [5, 5.41) is 10.7. The van der Waals surface area contributed by atoms with Gasteiger partial charge in [-0.15, -0.1) is 12.3 Å². The monoisotopic (exact) mass is 268 g/mol. The molecule has 0 aliphatic carbocycles. The molecule has 1 aromatic carbocycles. The zero-order chi connectivity index (χ0) is 14.6. The normalized spacial score (nSPS) is 11.5. The molecule has 0 heterocycles. The number of aromatic carboxylic acids is 1. The fourth-order valence-electron chi connectivity index (χ4n) is 1.25. The number of amides is 1. The number of carboxylic acids is 1. The van der Waals surface area contributed by atoms with Crippen molar-refractivity contribution in [3.63, 3.8) is 0 Å². The molecule has 1 aromatic rings. The number of anilines is 1. The second-order valence-electron chi connectivity index (χ2n) is 3.62. The molecule has 0 radical (unpaired) electrons. The smallest absolute Gasteiger partial charge is 0.338 e. The van der Waals surface area contributed by atoms with Crippen LogP contribution in [-0.4, -0.2) is 23.0 Å². The number of benzene rings is 1. The van der Waals surface area contributed by atoms with Gasteiger partial charge in [-0.3, -0.25) is 4.79 Å². The second kappa shape index (κ2) is 5.93. The molecule has 5 nitrogen and oxygen atoms in total. The van der Waals surface area contributed by atoms with Crippen LogP contribution < -0.4 is 11.1 Å². The van der Waals surface area contributed by atoms with Gasteiger partial charge in [0.2, 0.25) is 5.91 Å². The molecule has 19 heavy (non-hydrogen) atoms. The molecule has 0 aliphatic rings. The van der Waals surface area contributed by atoms with Crippen LogP contribution in [-0.2, 0) is 4.79 Å². The molecule has 0 fully saturated rings. The van der Waals surface area contributed by atoms with Gasteiger partial charge in [0.1, 0.15) is 11.6 Å². The molecular weight excluding hydrogens is 258 g/mol. The number of carbonyl (C=O) groups excluding carboxylic acids is 1. The van der Waals surface area contributed by atoms with Crippen molar-refractivity contribution >= 4 is 17.6 Å². The molecule has 1 amide bonds. The topological polar surface area (TPSA) is 92.4 Å². The van der Waals surface area contributed by atoms with Crippen LogP contribution in [0.2, 0.25) is 0 Å². The van der Waals surface area contributed by atoms with Gasteiger partial charge in [0.25, 0.3) is 0 Å². The van der Waals surface area contributed by atoms with Crippen LogP contribution in [0.15, 0.2) is 12.1 Å². The Hall–Kier alpha value is -2.46. The summed E-state index contributed by atoms with van der Waals surface area (Å²) < 4.78 is 26.5. The first-order valence-electron chi connectivity index (χ1n) is 5.09. The Morgan fingerprint density at radius 2 is 2.05 bits per heavy atom. The predicted octanol–water partition coefficient (Wildman–Crippen LogP) is 0.952. The Kier molecular flexibility index (Phi) is 4.56. The lowest BCUT2D eigenvalue weighted by Crippen LogP contribution is -2.35. The zero-order valence-corrected chi connectivity index (χ0v) is 9.61. The minimum Gasteiger partial charge on any atom is -0.478 e. The molecule has 4 N–H and O–H groups in total. The van der Waals surface area contributed by atoms with E-state index in [0.29, 0.717) is 12.1 Å². The van der Waals surface area contributed by atoms with E-state index in [9.17, 15) is 18.4 Å². The van der Waals surface area contributed by atoms with Crippen molar-refractivity contribution < 1.29 is 23.5 Å². The Morgan fingerprint density at radius 1 is 1.42 bits per heavy atom. The van der Waals surface area contributed by atoms with E-state index >= 15 is 0 Å². The van der Waals surface area contributed by atoms with Crippen LogP contribution in [0.5, 0.6) is 0 Å². The maximum Gasteiger partial charge on any atom is 0.338 e. The third kappa shape index (κ3) is 3.50. The lowest BCUT2D eigenvalue weighted by molar-refractivity contribution is -0.117. The van der Waals surface area contributed by atoms with E-state index in [1.54, 1.807) is 0 Å². The molecule has 100 valence electrons. The number of terminal acetylenes is 1. The Bertz CT molecular complexity index is 567. The minimum atomic E-state index is -1.58. The van der Waals surface area contributed by atoms with Gasteiger partial charge in [-0.1, -0.05) is 0 Å². The van der Waals surface area contributed by atoms with Gasteiger partial charge in [0.15, 0.2) is 0 Å². The van der Waals surface area contributed by atoms with Gasteiger partial charge in [0, 0.05) is 12.5 Å². The van der Waals surface area contributed by atoms with E-state index in [1.165, 1.54) is 0 Å². The van der Waals surface area contributed by atoms with Crippen molar-refractivity contribution in [1.82, 2.24) is 0 Å². The number of rotatable bonds is 4. The second-order valence-corrected chi connectivity index (χ2v) is 3.62. The summed E-state index contributed by atoms with van der Waals surface area (Å²) in [6, 6.07) is -0.0260. The van der Waals surface area contributed by atoms with Crippen molar-refractivity contribution in [2.75, 3.05) is 5.32 Å². The highest BCUT2D eigenvalue weighted by Crippen LogP contribution is 2.19. The van der Waals surface area contributed by atoms with Crippen LogP contribution in [0.25, 0.3) is 0 Å². The first kappa shape index (κ1) is 14.6. The molecular formula is C12H10F2N2O3. The molecule has 7 heteroatoms. The fraction of sp³-hybridized carbons (Fsp3) is 0.167. The van der Waals surface area contributed by atoms with Gasteiger partial charge in [-0.2, -0.15) is 0 Å². The molecule has 1 unspecified atom stereocenters. The van der Waals surface area contributed by atoms with E-state index in [1.807, 2.05) is 0 Å². The lowest BCUT2D eigenvalue weighted by atomic mass is 10.1. The van der Waals surface area contributed by atoms with Crippen LogP contribution in [0, 0.1) is 24.0 Å². The quantitative estimate of drug-likeness (QED) is 0.709. The van der Waals surface area contributed by atoms with Crippen molar-refractivity contribution in [2.45, 2.75) is 12.5 Å². The summed E-state index contributed by atoms with van der Waals surface area (Å²) in [5.74, 6) is -2.57. The fourth-order valence-corrected chi connectivity index (χ4v) is 1.25. The van der Waals surface area contributed by atoms with Gasteiger partial charge in [0.05, 0.1) is 17.3 Å². The lowest BCUT2D eigenvalue weighted by Gasteiger charge is -2.11. The molecule has 0 bridgehead atoms. The number of hydrogen-bond donors (Lipinski definition) is 3. The average molecular weight is 268 g/mol. The van der Waals surface area contributed by atoms with E-state index in [-0.39, 0.29) is 6.42 Å². The number of nitrogens with two attached hydrogens (primary N) is 1. The maximum absolute atomic E-state index is 13.4. The van der Waals surface area contributed by atoms with Crippen LogP contribution >= 0.6 is 0 Å². The van der Waals surface area contributed by atoms with Crippen LogP contribution in [0.3, 0.4) is 0 Å². The maximum atomic E-state index is 13.4. The first-order valence-corrected chi connectivity index (χ1v) is 5.09. The van der Waals surface area contributed by atoms with E-state index in [0.717, 1.165) is 0 Å². The van der Waals surface area contributed by atoms with Crippen LogP contribution in [0.1, 0.15) is 16.8 Å². The van der Waals surface area contributed by atoms with Crippen molar-refractivity contribution in [3.8, 4) is 12.3 Å². The number of nitrogens with one attached hydrogen (secondary N) is 1. The van der Waals surface area contributed by atoms with Crippen molar-refractivity contribution in [1.29, 1.82) is 0 Å². The molecule has 0 aromatic heterocycles. The minimum absolute atomic E-state index is 0.0690. The molecule has 0 saturated carbocycles. The number of hydrogen-bond acceptors (Lipinski definition) is 3. The Labute approximate surface area is 107 Å². The highest BCUT2D eigenvalue weighted by Gasteiger charge is 2.18. The first-order chi connectivity index (χ1) is 8.86. The van der Waals surface area contributed by atoms with Gasteiger partial charge in [-0.05, 0) is 6.07 Å². The largest absolute Gasteiger partial charge is 0.478 e. The molecule has 1 rings (SSSR count). The molecule has 0 aliphatic heterocycles. The van der Waals surface area contributed by atoms with Gasteiger partial charge in [-0.25, -0.2) is 13.6 Å². The average Bonchev–Trinajstić information content (AvgIpc) is 2.32. The van der Waals surface area contributed by atoms with Gasteiger partial charge >= 0.3 is 5.97 Å². The van der Waals surface area contributed by atoms with Crippen molar-refractivity contribution in [3.05, 3.63) is 29.3 Å². The van der Waals surface area contributed by atoms with Crippen molar-refractivity contribution in [2.24, 2.45) is 5.73 Å². The van der Waals surface area contributed by atoms with E-state index < -0.39 is 40.8 Å². The standard InChI is InChI=1S/C12H10F2N2O3/c1-2-3-9(15)11(17)16-10-4-6(12(18)19)7(13)5-8(10)14/h1,4-5,9H,3,15H2,(H,16,17)(H,18,19). The zero-order valence-electron chi connectivity index (χ0n) is 9.61. The summed E-state index contributed by atoms with van der Waals surface area (Å²) in [5.41, 5.74) is 4.15. The molecule has 0 saturated heterocycles. The number of halogens is 2. The SMILES string of the molecule is C#CCC(N)C(=O)Nc1cc(C(=O)O)c(F)cc1F. The molecule has 0 spiro atoms. The Morgan fingerprint density at radius 3 is 2.58 bits per heavy atom. The third-order valence-corrected chi connectivity index (χ3v) is 2.22. The predicted molar refractivity (Wildman–Crippen MR) is 63.4 cm³/mol. The third-order valence-electron chi connectivity index (χ3n) is 2.22. The van der Waals surface area contributed by atoms with E-state index in [4.69, 9.17) is 17.3 Å². The van der Waals surface area contributed by atoms with E-state index in [2.05, 4.69) is 11.2 Å². The molecule has 1 atom stereocenters. The number of carbonyl (C=O) groups is 2. The summed E-state index contributed by atoms with van der Waals surface area (Å²) in [6.45, 7) is 0. The van der Waals surface area contributed by atoms with Crippen LogP contribution in [0.4, 0.5) is 14.5 Å². The summed E-state index contributed by atoms with van der Waals surface area (Å²) in [4.78, 5) is 22.2. The van der Waals surface area contributed by atoms with Gasteiger partial charge < -0.3 is 16.2 Å². The highest BCUT2D eigenvalue weighted by molar-refractivity contribution is 5.96. The summed E-state index contributed by atoms with van der Waals surface area (Å²) >= 11 is 0.